The van der Waals surface area contributed by atoms with Crippen LogP contribution in [0.5, 0.6) is 0 Å². The summed E-state index contributed by atoms with van der Waals surface area (Å²) in [4.78, 5) is 27.0. The molecule has 1 aliphatic carbocycles. The van der Waals surface area contributed by atoms with Gasteiger partial charge in [-0.1, -0.05) is 31.0 Å². The van der Waals surface area contributed by atoms with Crippen LogP contribution < -0.4 is 4.90 Å². The standard InChI is InChI=1S/C25H32N6O/c1-4-21-26-23(29-13-6-14-30(16-15-29)25(32)19-7-5-8-19)22-18(3)28-31(24(22)27-21)20-11-9-17(2)10-12-20/h9-12,19H,4-8,13-16H2,1-3H3. The highest BCUT2D eigenvalue weighted by molar-refractivity contribution is 5.91. The Morgan fingerprint density at radius 2 is 1.78 bits per heavy atom. The molecule has 5 rings (SSSR count). The monoisotopic (exact) mass is 432 g/mol. The van der Waals surface area contributed by atoms with Gasteiger partial charge in [-0.2, -0.15) is 5.10 Å². The predicted molar refractivity (Wildman–Crippen MR) is 126 cm³/mol. The maximum absolute atomic E-state index is 12.8. The number of fused-ring (bicyclic) bond motifs is 1. The number of rotatable bonds is 4. The minimum Gasteiger partial charge on any atom is -0.354 e. The number of hydrogen-bond donors (Lipinski definition) is 0. The van der Waals surface area contributed by atoms with E-state index in [9.17, 15) is 4.79 Å². The zero-order chi connectivity index (χ0) is 22.2. The molecule has 3 aromatic rings. The summed E-state index contributed by atoms with van der Waals surface area (Å²) in [6.45, 7) is 9.49. The first kappa shape index (κ1) is 20.9. The number of aryl methyl sites for hydroxylation is 3. The number of hydrogen-bond acceptors (Lipinski definition) is 5. The summed E-state index contributed by atoms with van der Waals surface area (Å²) in [5, 5.41) is 5.87. The Balaban J connectivity index is 1.50. The second-order valence-electron chi connectivity index (χ2n) is 9.14. The molecule has 0 spiro atoms. The van der Waals surface area contributed by atoms with Crippen molar-refractivity contribution in [3.8, 4) is 5.69 Å². The van der Waals surface area contributed by atoms with Crippen LogP contribution in [-0.2, 0) is 11.2 Å². The summed E-state index contributed by atoms with van der Waals surface area (Å²) in [7, 11) is 0. The van der Waals surface area contributed by atoms with Crippen molar-refractivity contribution in [3.05, 3.63) is 41.3 Å². The second kappa shape index (κ2) is 8.52. The van der Waals surface area contributed by atoms with Crippen molar-refractivity contribution in [2.75, 3.05) is 31.1 Å². The third-order valence-corrected chi connectivity index (χ3v) is 6.89. The van der Waals surface area contributed by atoms with Crippen molar-refractivity contribution >= 4 is 22.8 Å². The Labute approximate surface area is 189 Å². The predicted octanol–water partition coefficient (Wildman–Crippen LogP) is 3.83. The van der Waals surface area contributed by atoms with Crippen LogP contribution in [0.3, 0.4) is 0 Å². The van der Waals surface area contributed by atoms with Gasteiger partial charge in [-0.25, -0.2) is 14.6 Å². The molecule has 0 radical (unpaired) electrons. The first-order valence-electron chi connectivity index (χ1n) is 11.9. The average Bonchev–Trinajstić information content (AvgIpc) is 2.94. The summed E-state index contributed by atoms with van der Waals surface area (Å²) < 4.78 is 1.94. The van der Waals surface area contributed by atoms with Crippen molar-refractivity contribution in [1.29, 1.82) is 0 Å². The normalized spacial score (nSPS) is 17.5. The number of carbonyl (C=O) groups is 1. The van der Waals surface area contributed by atoms with E-state index in [2.05, 4.69) is 47.9 Å². The number of carbonyl (C=O) groups excluding carboxylic acids is 1. The second-order valence-corrected chi connectivity index (χ2v) is 9.14. The molecule has 1 saturated heterocycles. The van der Waals surface area contributed by atoms with Crippen LogP contribution >= 0.6 is 0 Å². The number of anilines is 1. The maximum atomic E-state index is 12.8. The smallest absolute Gasteiger partial charge is 0.225 e. The number of aromatic nitrogens is 4. The zero-order valence-electron chi connectivity index (χ0n) is 19.3. The maximum Gasteiger partial charge on any atom is 0.225 e. The molecule has 2 aromatic heterocycles. The molecule has 2 fully saturated rings. The van der Waals surface area contributed by atoms with Gasteiger partial charge >= 0.3 is 0 Å². The third kappa shape index (κ3) is 3.74. The lowest BCUT2D eigenvalue weighted by molar-refractivity contribution is -0.137. The lowest BCUT2D eigenvalue weighted by Crippen LogP contribution is -2.41. The van der Waals surface area contributed by atoms with Gasteiger partial charge in [-0.15, -0.1) is 0 Å². The molecule has 1 amide bonds. The Morgan fingerprint density at radius 1 is 1.00 bits per heavy atom. The summed E-state index contributed by atoms with van der Waals surface area (Å²) in [6.07, 6.45) is 5.03. The van der Waals surface area contributed by atoms with E-state index in [1.807, 2.05) is 11.6 Å². The van der Waals surface area contributed by atoms with Gasteiger partial charge in [0.2, 0.25) is 5.91 Å². The van der Waals surface area contributed by atoms with Crippen LogP contribution in [0.1, 0.15) is 49.7 Å². The van der Waals surface area contributed by atoms with E-state index >= 15 is 0 Å². The quantitative estimate of drug-likeness (QED) is 0.627. The molecule has 1 aromatic carbocycles. The summed E-state index contributed by atoms with van der Waals surface area (Å²) >= 11 is 0. The van der Waals surface area contributed by atoms with E-state index in [1.165, 1.54) is 12.0 Å². The molecule has 3 heterocycles. The molecule has 0 N–H and O–H groups in total. The van der Waals surface area contributed by atoms with Crippen molar-refractivity contribution in [2.45, 2.75) is 52.9 Å². The van der Waals surface area contributed by atoms with E-state index in [0.717, 1.165) is 85.9 Å². The fourth-order valence-electron chi connectivity index (χ4n) is 4.72. The van der Waals surface area contributed by atoms with E-state index in [0.29, 0.717) is 5.91 Å². The first-order valence-corrected chi connectivity index (χ1v) is 11.9. The molecule has 0 atom stereocenters. The Morgan fingerprint density at radius 3 is 2.47 bits per heavy atom. The third-order valence-electron chi connectivity index (χ3n) is 6.89. The highest BCUT2D eigenvalue weighted by atomic mass is 16.2. The Kier molecular flexibility index (Phi) is 5.57. The van der Waals surface area contributed by atoms with E-state index in [4.69, 9.17) is 15.1 Å². The zero-order valence-corrected chi connectivity index (χ0v) is 19.3. The topological polar surface area (TPSA) is 67.2 Å². The molecule has 1 saturated carbocycles. The fraction of sp³-hybridized carbons (Fsp3) is 0.520. The molecule has 0 unspecified atom stereocenters. The molecule has 32 heavy (non-hydrogen) atoms. The van der Waals surface area contributed by atoms with Crippen LogP contribution in [0, 0.1) is 19.8 Å². The van der Waals surface area contributed by atoms with Gasteiger partial charge in [-0.05, 0) is 45.2 Å². The van der Waals surface area contributed by atoms with Gasteiger partial charge in [0.1, 0.15) is 11.6 Å². The highest BCUT2D eigenvalue weighted by Crippen LogP contribution is 2.31. The van der Waals surface area contributed by atoms with Crippen LogP contribution in [0.2, 0.25) is 0 Å². The van der Waals surface area contributed by atoms with E-state index in [-0.39, 0.29) is 5.92 Å². The SMILES string of the molecule is CCc1nc(N2CCCN(C(=O)C3CCC3)CC2)c2c(C)nn(-c3ccc(C)cc3)c2n1. The van der Waals surface area contributed by atoms with Gasteiger partial charge in [0, 0.05) is 38.5 Å². The summed E-state index contributed by atoms with van der Waals surface area (Å²) in [5.41, 5.74) is 4.02. The molecule has 2 aliphatic rings. The summed E-state index contributed by atoms with van der Waals surface area (Å²) in [5.74, 6) is 2.39. The largest absolute Gasteiger partial charge is 0.354 e. The lowest BCUT2D eigenvalue weighted by atomic mass is 9.84. The first-order chi connectivity index (χ1) is 15.5. The van der Waals surface area contributed by atoms with E-state index < -0.39 is 0 Å². The molecule has 7 nitrogen and oxygen atoms in total. The molecular formula is C25H32N6O. The molecule has 7 heteroatoms. The fourth-order valence-corrected chi connectivity index (χ4v) is 4.72. The number of amides is 1. The van der Waals surface area contributed by atoms with Gasteiger partial charge in [0.15, 0.2) is 5.65 Å². The van der Waals surface area contributed by atoms with Gasteiger partial charge in [0.25, 0.3) is 0 Å². The molecule has 1 aliphatic heterocycles. The van der Waals surface area contributed by atoms with Crippen molar-refractivity contribution in [2.24, 2.45) is 5.92 Å². The molecule has 0 bridgehead atoms. The Bertz CT molecular complexity index is 1130. The number of benzene rings is 1. The van der Waals surface area contributed by atoms with Crippen LogP contribution in [0.15, 0.2) is 24.3 Å². The van der Waals surface area contributed by atoms with Crippen LogP contribution in [-0.4, -0.2) is 56.7 Å². The van der Waals surface area contributed by atoms with Crippen molar-refractivity contribution in [3.63, 3.8) is 0 Å². The van der Waals surface area contributed by atoms with Crippen LogP contribution in [0.4, 0.5) is 5.82 Å². The number of nitrogens with zero attached hydrogens (tertiary/aromatic N) is 6. The average molecular weight is 433 g/mol. The van der Waals surface area contributed by atoms with Crippen LogP contribution in [0.25, 0.3) is 16.7 Å². The van der Waals surface area contributed by atoms with Gasteiger partial charge in [-0.3, -0.25) is 4.79 Å². The van der Waals surface area contributed by atoms with Crippen molar-refractivity contribution < 1.29 is 4.79 Å². The van der Waals surface area contributed by atoms with E-state index in [1.54, 1.807) is 0 Å². The highest BCUT2D eigenvalue weighted by Gasteiger charge is 2.31. The van der Waals surface area contributed by atoms with Gasteiger partial charge < -0.3 is 9.80 Å². The molecule has 168 valence electrons. The minimum absolute atomic E-state index is 0.258. The molecular weight excluding hydrogens is 400 g/mol. The lowest BCUT2D eigenvalue weighted by Gasteiger charge is -2.31. The summed E-state index contributed by atoms with van der Waals surface area (Å²) in [6, 6.07) is 8.38. The minimum atomic E-state index is 0.258. The van der Waals surface area contributed by atoms with Gasteiger partial charge in [0.05, 0.1) is 16.8 Å². The van der Waals surface area contributed by atoms with Crippen molar-refractivity contribution in [1.82, 2.24) is 24.6 Å². The Hall–Kier alpha value is -2.96.